The molecule has 0 spiro atoms. The van der Waals surface area contributed by atoms with Crippen LogP contribution in [0.1, 0.15) is 38.7 Å². The molecule has 116 valence electrons. The van der Waals surface area contributed by atoms with Gasteiger partial charge < -0.3 is 10.1 Å². The summed E-state index contributed by atoms with van der Waals surface area (Å²) >= 11 is 3.39. The first-order chi connectivity index (χ1) is 9.85. The fourth-order valence-corrected chi connectivity index (χ4v) is 2.31. The number of benzene rings is 1. The number of methoxy groups -OCH3 is 1. The van der Waals surface area contributed by atoms with Gasteiger partial charge in [0.25, 0.3) is 0 Å². The molecule has 2 atom stereocenters. The van der Waals surface area contributed by atoms with Crippen molar-refractivity contribution >= 4 is 27.8 Å². The zero-order valence-corrected chi connectivity index (χ0v) is 14.4. The van der Waals surface area contributed by atoms with Gasteiger partial charge in [0.2, 0.25) is 5.91 Å². The first-order valence-corrected chi connectivity index (χ1v) is 7.77. The van der Waals surface area contributed by atoms with Gasteiger partial charge in [0.15, 0.2) is 0 Å². The molecule has 2 unspecified atom stereocenters. The fraction of sp³-hybridized carbons (Fsp3) is 0.500. The summed E-state index contributed by atoms with van der Waals surface area (Å²) in [4.78, 5) is 23.7. The molecule has 1 rings (SSSR count). The van der Waals surface area contributed by atoms with E-state index in [1.807, 2.05) is 45.0 Å². The average molecular weight is 356 g/mol. The Labute approximate surface area is 134 Å². The molecular formula is C16H22BrNO3. The highest BCUT2D eigenvalue weighted by molar-refractivity contribution is 9.10. The number of hydrogen-bond donors (Lipinski definition) is 1. The maximum Gasteiger partial charge on any atom is 0.328 e. The molecule has 5 heteroatoms. The Kier molecular flexibility index (Phi) is 6.89. The lowest BCUT2D eigenvalue weighted by molar-refractivity contribution is -0.146. The number of nitrogens with one attached hydrogen (secondary N) is 1. The maximum atomic E-state index is 12.1. The molecule has 0 aromatic heterocycles. The largest absolute Gasteiger partial charge is 0.467 e. The summed E-state index contributed by atoms with van der Waals surface area (Å²) in [6.45, 7) is 5.74. The van der Waals surface area contributed by atoms with E-state index in [9.17, 15) is 9.59 Å². The second-order valence-corrected chi connectivity index (χ2v) is 6.38. The minimum Gasteiger partial charge on any atom is -0.467 e. The lowest BCUT2D eigenvalue weighted by Gasteiger charge is -2.21. The molecule has 0 aliphatic heterocycles. The Morgan fingerprint density at radius 3 is 2.24 bits per heavy atom. The first-order valence-electron chi connectivity index (χ1n) is 6.97. The van der Waals surface area contributed by atoms with E-state index in [1.165, 1.54) is 7.11 Å². The predicted octanol–water partition coefficient (Wildman–Crippen LogP) is 3.26. The van der Waals surface area contributed by atoms with Crippen molar-refractivity contribution in [3.8, 4) is 0 Å². The van der Waals surface area contributed by atoms with Crippen LogP contribution in [0, 0.1) is 5.92 Å². The van der Waals surface area contributed by atoms with Gasteiger partial charge in [-0.2, -0.15) is 0 Å². The molecule has 4 nitrogen and oxygen atoms in total. The van der Waals surface area contributed by atoms with Crippen LogP contribution in [0.2, 0.25) is 0 Å². The summed E-state index contributed by atoms with van der Waals surface area (Å²) in [6.07, 6.45) is 0.335. The second-order valence-electron chi connectivity index (χ2n) is 5.47. The molecule has 1 N–H and O–H groups in total. The van der Waals surface area contributed by atoms with Crippen molar-refractivity contribution in [3.05, 3.63) is 34.3 Å². The molecule has 21 heavy (non-hydrogen) atoms. The minimum absolute atomic E-state index is 0.00983. The minimum atomic E-state index is -0.598. The zero-order valence-electron chi connectivity index (χ0n) is 12.9. The van der Waals surface area contributed by atoms with Gasteiger partial charge in [-0.3, -0.25) is 4.79 Å². The lowest BCUT2D eigenvalue weighted by Crippen LogP contribution is -2.45. The van der Waals surface area contributed by atoms with Crippen LogP contribution < -0.4 is 5.32 Å². The molecule has 0 saturated heterocycles. The molecule has 0 saturated carbocycles. The number of amides is 1. The highest BCUT2D eigenvalue weighted by Gasteiger charge is 2.25. The van der Waals surface area contributed by atoms with Gasteiger partial charge in [-0.1, -0.05) is 48.8 Å². The molecule has 0 fully saturated rings. The van der Waals surface area contributed by atoms with Crippen LogP contribution in [0.25, 0.3) is 0 Å². The molecule has 1 aromatic carbocycles. The van der Waals surface area contributed by atoms with Crippen LogP contribution in [-0.4, -0.2) is 25.0 Å². The van der Waals surface area contributed by atoms with Gasteiger partial charge in [-0.05, 0) is 29.5 Å². The van der Waals surface area contributed by atoms with Crippen LogP contribution in [0.5, 0.6) is 0 Å². The van der Waals surface area contributed by atoms with Crippen molar-refractivity contribution in [2.45, 2.75) is 39.2 Å². The third-order valence-electron chi connectivity index (χ3n) is 3.37. The Morgan fingerprint density at radius 1 is 1.19 bits per heavy atom. The molecule has 0 heterocycles. The van der Waals surface area contributed by atoms with Gasteiger partial charge in [-0.15, -0.1) is 0 Å². The van der Waals surface area contributed by atoms with Crippen molar-refractivity contribution in [3.63, 3.8) is 0 Å². The van der Waals surface area contributed by atoms with Gasteiger partial charge in [0, 0.05) is 10.9 Å². The van der Waals surface area contributed by atoms with Crippen molar-refractivity contribution in [2.75, 3.05) is 7.11 Å². The van der Waals surface area contributed by atoms with Gasteiger partial charge in [0.1, 0.15) is 6.04 Å². The first kappa shape index (κ1) is 17.7. The summed E-state index contributed by atoms with van der Waals surface area (Å²) < 4.78 is 5.73. The van der Waals surface area contributed by atoms with Crippen LogP contribution in [-0.2, 0) is 14.3 Å². The fourth-order valence-electron chi connectivity index (χ4n) is 2.04. The van der Waals surface area contributed by atoms with Crippen LogP contribution in [0.15, 0.2) is 28.7 Å². The molecule has 0 aliphatic carbocycles. The highest BCUT2D eigenvalue weighted by atomic mass is 79.9. The zero-order chi connectivity index (χ0) is 16.0. The van der Waals surface area contributed by atoms with Crippen molar-refractivity contribution in [1.82, 2.24) is 5.32 Å². The van der Waals surface area contributed by atoms with E-state index in [1.54, 1.807) is 0 Å². The molecule has 1 aromatic rings. The normalized spacial score (nSPS) is 13.6. The number of rotatable bonds is 6. The number of ether oxygens (including phenoxy) is 1. The molecule has 0 bridgehead atoms. The molecule has 1 amide bonds. The number of halogens is 1. The smallest absolute Gasteiger partial charge is 0.328 e. The van der Waals surface area contributed by atoms with E-state index in [2.05, 4.69) is 21.2 Å². The van der Waals surface area contributed by atoms with E-state index in [0.717, 1.165) is 10.0 Å². The van der Waals surface area contributed by atoms with Crippen molar-refractivity contribution in [2.24, 2.45) is 5.92 Å². The van der Waals surface area contributed by atoms with Gasteiger partial charge >= 0.3 is 5.97 Å². The van der Waals surface area contributed by atoms with Crippen molar-refractivity contribution < 1.29 is 14.3 Å². The maximum absolute atomic E-state index is 12.1. The monoisotopic (exact) mass is 355 g/mol. The van der Waals surface area contributed by atoms with Crippen LogP contribution in [0.3, 0.4) is 0 Å². The number of esters is 1. The summed E-state index contributed by atoms with van der Waals surface area (Å²) in [5.74, 6) is -0.475. The summed E-state index contributed by atoms with van der Waals surface area (Å²) in [5.41, 5.74) is 1.09. The highest BCUT2D eigenvalue weighted by Crippen LogP contribution is 2.21. The van der Waals surface area contributed by atoms with E-state index < -0.39 is 12.0 Å². The summed E-state index contributed by atoms with van der Waals surface area (Å²) in [5, 5.41) is 2.76. The Hall–Kier alpha value is -1.36. The summed E-state index contributed by atoms with van der Waals surface area (Å²) in [6, 6.07) is 7.29. The molecular weight excluding hydrogens is 334 g/mol. The average Bonchev–Trinajstić information content (AvgIpc) is 2.44. The third kappa shape index (κ3) is 5.50. The lowest BCUT2D eigenvalue weighted by atomic mass is 9.97. The Morgan fingerprint density at radius 2 is 1.76 bits per heavy atom. The Bertz CT molecular complexity index is 485. The number of carbonyl (C=O) groups is 2. The SMILES string of the molecule is COC(=O)C(NC(=O)CC(C)c1ccc(Br)cc1)C(C)C. The standard InChI is InChI=1S/C16H22BrNO3/c1-10(2)15(16(20)21-4)18-14(19)9-11(3)12-5-7-13(17)8-6-12/h5-8,10-11,15H,9H2,1-4H3,(H,18,19). The molecule has 0 aliphatic rings. The number of carbonyl (C=O) groups excluding carboxylic acids is 2. The summed E-state index contributed by atoms with van der Waals surface area (Å²) in [7, 11) is 1.33. The van der Waals surface area contributed by atoms with Crippen LogP contribution >= 0.6 is 15.9 Å². The second kappa shape index (κ2) is 8.17. The van der Waals surface area contributed by atoms with Crippen LogP contribution in [0.4, 0.5) is 0 Å². The Balaban J connectivity index is 2.63. The van der Waals surface area contributed by atoms with E-state index in [0.29, 0.717) is 6.42 Å². The van der Waals surface area contributed by atoms with E-state index in [-0.39, 0.29) is 17.7 Å². The predicted molar refractivity (Wildman–Crippen MR) is 86.0 cm³/mol. The van der Waals surface area contributed by atoms with E-state index >= 15 is 0 Å². The number of hydrogen-bond acceptors (Lipinski definition) is 3. The van der Waals surface area contributed by atoms with Crippen molar-refractivity contribution in [1.29, 1.82) is 0 Å². The quantitative estimate of drug-likeness (QED) is 0.796. The molecule has 0 radical (unpaired) electrons. The van der Waals surface area contributed by atoms with Gasteiger partial charge in [0.05, 0.1) is 7.11 Å². The van der Waals surface area contributed by atoms with E-state index in [4.69, 9.17) is 4.74 Å². The third-order valence-corrected chi connectivity index (χ3v) is 3.90. The topological polar surface area (TPSA) is 55.4 Å². The van der Waals surface area contributed by atoms with Gasteiger partial charge in [-0.25, -0.2) is 4.79 Å².